The van der Waals surface area contributed by atoms with E-state index in [1.54, 1.807) is 0 Å². The molecule has 0 bridgehead atoms. The molecule has 0 heterocycles. The fourth-order valence-electron chi connectivity index (χ4n) is 2.18. The van der Waals surface area contributed by atoms with Gasteiger partial charge in [0.15, 0.2) is 0 Å². The lowest BCUT2D eigenvalue weighted by Crippen LogP contribution is -2.33. The van der Waals surface area contributed by atoms with Gasteiger partial charge in [0.1, 0.15) is 0 Å². The minimum Gasteiger partial charge on any atom is -0.392 e. The van der Waals surface area contributed by atoms with E-state index in [0.717, 1.165) is 6.42 Å². The predicted octanol–water partition coefficient (Wildman–Crippen LogP) is 2.38. The first-order valence-corrected chi connectivity index (χ1v) is 6.54. The van der Waals surface area contributed by atoms with E-state index < -0.39 is 0 Å². The van der Waals surface area contributed by atoms with Crippen molar-refractivity contribution >= 4 is 0 Å². The molecule has 0 saturated heterocycles. The number of rotatable bonds is 6. The van der Waals surface area contributed by atoms with Crippen LogP contribution in [-0.2, 0) is 12.8 Å². The van der Waals surface area contributed by atoms with Gasteiger partial charge in [0.05, 0.1) is 6.10 Å². The summed E-state index contributed by atoms with van der Waals surface area (Å²) in [4.78, 5) is 0. The average Bonchev–Trinajstić information content (AvgIpc) is 2.30. The van der Waals surface area contributed by atoms with Gasteiger partial charge in [0.25, 0.3) is 0 Å². The Hall–Kier alpha value is -0.860. The number of aliphatic hydroxyl groups excluding tert-OH is 1. The molecule has 1 aromatic carbocycles. The smallest absolute Gasteiger partial charge is 0.0623 e. The van der Waals surface area contributed by atoms with Gasteiger partial charge in [-0.25, -0.2) is 0 Å². The zero-order valence-corrected chi connectivity index (χ0v) is 11.2. The molecule has 0 fully saturated rings. The highest BCUT2D eigenvalue weighted by Gasteiger charge is 2.21. The summed E-state index contributed by atoms with van der Waals surface area (Å²) in [5, 5.41) is 10.2. The maximum absolute atomic E-state index is 10.2. The molecular weight excluding hydrogens is 210 g/mol. The van der Waals surface area contributed by atoms with Crippen LogP contribution in [-0.4, -0.2) is 17.8 Å². The van der Waals surface area contributed by atoms with Crippen molar-refractivity contribution in [1.29, 1.82) is 0 Å². The van der Waals surface area contributed by atoms with Crippen LogP contribution >= 0.6 is 0 Å². The summed E-state index contributed by atoms with van der Waals surface area (Å²) in [5.74, 6) is 0.603. The molecule has 0 spiro atoms. The number of hydrogen-bond acceptors (Lipinski definition) is 2. The van der Waals surface area contributed by atoms with Crippen LogP contribution in [0.15, 0.2) is 24.3 Å². The first-order valence-electron chi connectivity index (χ1n) is 6.54. The predicted molar refractivity (Wildman–Crippen MR) is 72.9 cm³/mol. The van der Waals surface area contributed by atoms with Crippen molar-refractivity contribution in [2.45, 2.75) is 39.7 Å². The van der Waals surface area contributed by atoms with Gasteiger partial charge in [-0.15, -0.1) is 0 Å². The number of benzene rings is 1. The minimum absolute atomic E-state index is 0.181. The molecule has 2 heteroatoms. The van der Waals surface area contributed by atoms with Crippen LogP contribution in [0.2, 0.25) is 0 Å². The Morgan fingerprint density at radius 2 is 1.65 bits per heavy atom. The molecule has 1 rings (SSSR count). The zero-order chi connectivity index (χ0) is 12.8. The van der Waals surface area contributed by atoms with E-state index in [2.05, 4.69) is 45.0 Å². The Balaban J connectivity index is 2.63. The molecule has 3 N–H and O–H groups in total. The molecule has 0 radical (unpaired) electrons. The lowest BCUT2D eigenvalue weighted by molar-refractivity contribution is 0.0863. The number of aryl methyl sites for hydroxylation is 1. The van der Waals surface area contributed by atoms with Gasteiger partial charge in [-0.05, 0) is 42.3 Å². The second-order valence-corrected chi connectivity index (χ2v) is 5.09. The Morgan fingerprint density at radius 3 is 2.06 bits per heavy atom. The van der Waals surface area contributed by atoms with E-state index in [4.69, 9.17) is 5.73 Å². The summed E-state index contributed by atoms with van der Waals surface area (Å²) in [6.07, 6.45) is 1.41. The number of aliphatic hydroxyl groups is 1. The first-order chi connectivity index (χ1) is 8.08. The van der Waals surface area contributed by atoms with Crippen LogP contribution in [0.25, 0.3) is 0 Å². The topological polar surface area (TPSA) is 46.2 Å². The van der Waals surface area contributed by atoms with Crippen molar-refractivity contribution < 1.29 is 5.11 Å². The molecule has 0 amide bonds. The summed E-state index contributed by atoms with van der Waals surface area (Å²) >= 11 is 0. The third-order valence-electron chi connectivity index (χ3n) is 3.50. The Kier molecular flexibility index (Phi) is 5.66. The molecule has 0 aromatic heterocycles. The Labute approximate surface area is 105 Å². The molecule has 2 unspecified atom stereocenters. The van der Waals surface area contributed by atoms with Gasteiger partial charge in [-0.3, -0.25) is 0 Å². The SMILES string of the molecule is CCc1ccc(CC(O)C(CN)C(C)C)cc1. The fourth-order valence-corrected chi connectivity index (χ4v) is 2.18. The van der Waals surface area contributed by atoms with Crippen molar-refractivity contribution in [3.8, 4) is 0 Å². The number of hydrogen-bond donors (Lipinski definition) is 2. The van der Waals surface area contributed by atoms with Crippen LogP contribution in [0.3, 0.4) is 0 Å². The lowest BCUT2D eigenvalue weighted by atomic mass is 9.87. The summed E-state index contributed by atoms with van der Waals surface area (Å²) in [6.45, 7) is 6.92. The fraction of sp³-hybridized carbons (Fsp3) is 0.600. The molecule has 17 heavy (non-hydrogen) atoms. The van der Waals surface area contributed by atoms with Crippen molar-refractivity contribution in [1.82, 2.24) is 0 Å². The monoisotopic (exact) mass is 235 g/mol. The van der Waals surface area contributed by atoms with Crippen molar-refractivity contribution in [3.63, 3.8) is 0 Å². The molecule has 0 saturated carbocycles. The minimum atomic E-state index is -0.340. The summed E-state index contributed by atoms with van der Waals surface area (Å²) in [5.41, 5.74) is 8.24. The van der Waals surface area contributed by atoms with Crippen molar-refractivity contribution in [3.05, 3.63) is 35.4 Å². The maximum Gasteiger partial charge on any atom is 0.0623 e. The van der Waals surface area contributed by atoms with Crippen LogP contribution in [0, 0.1) is 11.8 Å². The van der Waals surface area contributed by atoms with Gasteiger partial charge in [0.2, 0.25) is 0 Å². The zero-order valence-electron chi connectivity index (χ0n) is 11.2. The third-order valence-corrected chi connectivity index (χ3v) is 3.50. The molecule has 0 aliphatic heterocycles. The van der Waals surface area contributed by atoms with E-state index >= 15 is 0 Å². The molecule has 1 aromatic rings. The van der Waals surface area contributed by atoms with Gasteiger partial charge in [0, 0.05) is 0 Å². The van der Waals surface area contributed by atoms with Gasteiger partial charge < -0.3 is 10.8 Å². The summed E-state index contributed by atoms with van der Waals surface area (Å²) in [6, 6.07) is 8.48. The highest BCUT2D eigenvalue weighted by molar-refractivity contribution is 5.23. The van der Waals surface area contributed by atoms with E-state index in [1.807, 2.05) is 0 Å². The number of nitrogens with two attached hydrogens (primary N) is 1. The summed E-state index contributed by atoms with van der Waals surface area (Å²) in [7, 11) is 0. The second-order valence-electron chi connectivity index (χ2n) is 5.09. The van der Waals surface area contributed by atoms with E-state index in [0.29, 0.717) is 18.9 Å². The quantitative estimate of drug-likeness (QED) is 0.795. The lowest BCUT2D eigenvalue weighted by Gasteiger charge is -2.25. The second kappa shape index (κ2) is 6.77. The van der Waals surface area contributed by atoms with E-state index in [-0.39, 0.29) is 12.0 Å². The van der Waals surface area contributed by atoms with Crippen LogP contribution in [0.1, 0.15) is 31.9 Å². The molecule has 2 nitrogen and oxygen atoms in total. The molecular formula is C15H25NO. The van der Waals surface area contributed by atoms with Crippen LogP contribution < -0.4 is 5.73 Å². The average molecular weight is 235 g/mol. The largest absolute Gasteiger partial charge is 0.392 e. The standard InChI is InChI=1S/C15H25NO/c1-4-12-5-7-13(8-6-12)9-15(17)14(10-16)11(2)3/h5-8,11,14-15,17H,4,9-10,16H2,1-3H3. The molecule has 0 aliphatic carbocycles. The molecule has 0 aliphatic rings. The van der Waals surface area contributed by atoms with Gasteiger partial charge in [-0.1, -0.05) is 45.0 Å². The summed E-state index contributed by atoms with van der Waals surface area (Å²) < 4.78 is 0. The highest BCUT2D eigenvalue weighted by Crippen LogP contribution is 2.18. The molecule has 96 valence electrons. The van der Waals surface area contributed by atoms with E-state index in [9.17, 15) is 5.11 Å². The first kappa shape index (κ1) is 14.2. The van der Waals surface area contributed by atoms with Gasteiger partial charge >= 0.3 is 0 Å². The van der Waals surface area contributed by atoms with Crippen molar-refractivity contribution in [2.24, 2.45) is 17.6 Å². The van der Waals surface area contributed by atoms with Crippen LogP contribution in [0.4, 0.5) is 0 Å². The van der Waals surface area contributed by atoms with Gasteiger partial charge in [-0.2, -0.15) is 0 Å². The third kappa shape index (κ3) is 4.14. The maximum atomic E-state index is 10.2. The normalized spacial score (nSPS) is 14.9. The Bertz CT molecular complexity index is 318. The molecule has 2 atom stereocenters. The van der Waals surface area contributed by atoms with Crippen molar-refractivity contribution in [2.75, 3.05) is 6.54 Å². The Morgan fingerprint density at radius 1 is 1.12 bits per heavy atom. The van der Waals surface area contributed by atoms with Crippen LogP contribution in [0.5, 0.6) is 0 Å². The highest BCUT2D eigenvalue weighted by atomic mass is 16.3. The van der Waals surface area contributed by atoms with E-state index in [1.165, 1.54) is 11.1 Å².